The number of ketones is 1. The Labute approximate surface area is 154 Å². The molecule has 0 aromatic heterocycles. The van der Waals surface area contributed by atoms with Crippen LogP contribution in [0.5, 0.6) is 23.0 Å². The molecule has 138 valence electrons. The highest BCUT2D eigenvalue weighted by Gasteiger charge is 2.11. The lowest BCUT2D eigenvalue weighted by atomic mass is 10.1. The zero-order valence-electron chi connectivity index (χ0n) is 15.6. The van der Waals surface area contributed by atoms with E-state index in [0.717, 1.165) is 5.56 Å². The third kappa shape index (κ3) is 4.79. The van der Waals surface area contributed by atoms with Crippen LogP contribution in [0.25, 0.3) is 6.08 Å². The van der Waals surface area contributed by atoms with Gasteiger partial charge < -0.3 is 18.9 Å². The minimum Gasteiger partial charge on any atom is -0.497 e. The van der Waals surface area contributed by atoms with Crippen LogP contribution in [0, 0.1) is 0 Å². The molecule has 0 bridgehead atoms. The van der Waals surface area contributed by atoms with Gasteiger partial charge in [-0.05, 0) is 50.3 Å². The number of rotatable bonds is 9. The smallest absolute Gasteiger partial charge is 0.189 e. The Kier molecular flexibility index (Phi) is 7.09. The largest absolute Gasteiger partial charge is 0.497 e. The van der Waals surface area contributed by atoms with Crippen molar-refractivity contribution in [1.29, 1.82) is 0 Å². The van der Waals surface area contributed by atoms with Crippen molar-refractivity contribution in [3.8, 4) is 23.0 Å². The highest BCUT2D eigenvalue weighted by atomic mass is 16.5. The molecule has 0 heterocycles. The summed E-state index contributed by atoms with van der Waals surface area (Å²) in [5.74, 6) is 2.34. The Morgan fingerprint density at radius 3 is 2.23 bits per heavy atom. The van der Waals surface area contributed by atoms with Crippen LogP contribution in [0.1, 0.15) is 29.8 Å². The van der Waals surface area contributed by atoms with Gasteiger partial charge in [-0.25, -0.2) is 0 Å². The van der Waals surface area contributed by atoms with Crippen molar-refractivity contribution in [2.75, 3.05) is 27.4 Å². The van der Waals surface area contributed by atoms with E-state index in [9.17, 15) is 4.79 Å². The second-order valence-corrected chi connectivity index (χ2v) is 5.33. The van der Waals surface area contributed by atoms with Crippen LogP contribution in [-0.4, -0.2) is 33.2 Å². The van der Waals surface area contributed by atoms with Gasteiger partial charge in [-0.1, -0.05) is 0 Å². The second kappa shape index (κ2) is 9.51. The lowest BCUT2D eigenvalue weighted by molar-refractivity contribution is 0.104. The van der Waals surface area contributed by atoms with Crippen molar-refractivity contribution in [3.05, 3.63) is 53.6 Å². The lowest BCUT2D eigenvalue weighted by Crippen LogP contribution is -2.01. The maximum Gasteiger partial charge on any atom is 0.189 e. The molecular formula is C21H24O5. The first-order valence-electron chi connectivity index (χ1n) is 8.47. The summed E-state index contributed by atoms with van der Waals surface area (Å²) in [4.78, 5) is 12.6. The van der Waals surface area contributed by atoms with Gasteiger partial charge in [0.05, 0.1) is 33.0 Å². The topological polar surface area (TPSA) is 54.0 Å². The molecule has 0 N–H and O–H groups in total. The molecule has 0 radical (unpaired) electrons. The molecule has 0 aliphatic carbocycles. The molecule has 26 heavy (non-hydrogen) atoms. The number of carbonyl (C=O) groups is 1. The van der Waals surface area contributed by atoms with E-state index in [4.69, 9.17) is 18.9 Å². The van der Waals surface area contributed by atoms with Gasteiger partial charge in [0.15, 0.2) is 5.78 Å². The minimum atomic E-state index is -0.164. The number of hydrogen-bond donors (Lipinski definition) is 0. The molecule has 0 aliphatic heterocycles. The Hall–Kier alpha value is -2.95. The first-order valence-corrected chi connectivity index (χ1v) is 8.47. The molecular weight excluding hydrogens is 332 g/mol. The molecule has 0 aliphatic rings. The Morgan fingerprint density at radius 1 is 0.885 bits per heavy atom. The van der Waals surface area contributed by atoms with Gasteiger partial charge in [0.1, 0.15) is 23.0 Å². The number of benzene rings is 2. The zero-order chi connectivity index (χ0) is 18.9. The summed E-state index contributed by atoms with van der Waals surface area (Å²) in [7, 11) is 3.13. The zero-order valence-corrected chi connectivity index (χ0v) is 15.6. The fourth-order valence-electron chi connectivity index (χ4n) is 2.45. The Bertz CT molecular complexity index is 780. The van der Waals surface area contributed by atoms with E-state index in [2.05, 4.69) is 0 Å². The van der Waals surface area contributed by atoms with Crippen LogP contribution in [-0.2, 0) is 0 Å². The molecule has 2 aromatic rings. The Balaban J connectivity index is 2.26. The van der Waals surface area contributed by atoms with Gasteiger partial charge in [0, 0.05) is 17.7 Å². The molecule has 5 nitrogen and oxygen atoms in total. The molecule has 2 rings (SSSR count). The second-order valence-electron chi connectivity index (χ2n) is 5.33. The number of carbonyl (C=O) groups excluding carboxylic acids is 1. The summed E-state index contributed by atoms with van der Waals surface area (Å²) in [6.07, 6.45) is 3.23. The van der Waals surface area contributed by atoms with Crippen LogP contribution in [0.15, 0.2) is 42.5 Å². The van der Waals surface area contributed by atoms with Gasteiger partial charge >= 0.3 is 0 Å². The van der Waals surface area contributed by atoms with E-state index in [1.54, 1.807) is 37.5 Å². The standard InChI is InChI=1S/C21H24O5/c1-5-25-17-10-11-18(21(14-17)24-4)19(22)12-8-15-7-9-16(23-3)13-20(15)26-6-2/h7-14H,5-6H2,1-4H3. The maximum atomic E-state index is 12.6. The molecule has 2 aromatic carbocycles. The summed E-state index contributed by atoms with van der Waals surface area (Å²) >= 11 is 0. The molecule has 0 unspecified atom stereocenters. The average Bonchev–Trinajstić information content (AvgIpc) is 2.67. The normalized spacial score (nSPS) is 10.6. The van der Waals surface area contributed by atoms with Gasteiger partial charge in [-0.2, -0.15) is 0 Å². The van der Waals surface area contributed by atoms with Gasteiger partial charge in [-0.3, -0.25) is 4.79 Å². The predicted octanol–water partition coefficient (Wildman–Crippen LogP) is 4.40. The van der Waals surface area contributed by atoms with E-state index in [1.807, 2.05) is 26.0 Å². The summed E-state index contributed by atoms with van der Waals surface area (Å²) in [5.41, 5.74) is 1.27. The maximum absolute atomic E-state index is 12.6. The fraction of sp³-hybridized carbons (Fsp3) is 0.286. The minimum absolute atomic E-state index is 0.164. The van der Waals surface area contributed by atoms with Crippen molar-refractivity contribution >= 4 is 11.9 Å². The van der Waals surface area contributed by atoms with E-state index < -0.39 is 0 Å². The fourth-order valence-corrected chi connectivity index (χ4v) is 2.45. The van der Waals surface area contributed by atoms with Gasteiger partial charge in [-0.15, -0.1) is 0 Å². The van der Waals surface area contributed by atoms with Crippen molar-refractivity contribution in [3.63, 3.8) is 0 Å². The monoisotopic (exact) mass is 356 g/mol. The van der Waals surface area contributed by atoms with E-state index >= 15 is 0 Å². The van der Waals surface area contributed by atoms with E-state index in [-0.39, 0.29) is 5.78 Å². The van der Waals surface area contributed by atoms with Crippen LogP contribution in [0.3, 0.4) is 0 Å². The molecule has 0 saturated carbocycles. The lowest BCUT2D eigenvalue weighted by Gasteiger charge is -2.10. The molecule has 0 fully saturated rings. The third-order valence-electron chi connectivity index (χ3n) is 3.68. The van der Waals surface area contributed by atoms with E-state index in [1.165, 1.54) is 13.2 Å². The molecule has 5 heteroatoms. The van der Waals surface area contributed by atoms with Crippen molar-refractivity contribution in [2.24, 2.45) is 0 Å². The summed E-state index contributed by atoms with van der Waals surface area (Å²) < 4.78 is 21.6. The first-order chi connectivity index (χ1) is 12.6. The third-order valence-corrected chi connectivity index (χ3v) is 3.68. The summed E-state index contributed by atoms with van der Waals surface area (Å²) in [6.45, 7) is 4.88. The van der Waals surface area contributed by atoms with Crippen LogP contribution in [0.4, 0.5) is 0 Å². The number of ether oxygens (including phenoxy) is 4. The molecule has 0 spiro atoms. The number of methoxy groups -OCH3 is 2. The summed E-state index contributed by atoms with van der Waals surface area (Å²) in [5, 5.41) is 0. The quantitative estimate of drug-likeness (QED) is 0.492. The Morgan fingerprint density at radius 2 is 1.58 bits per heavy atom. The van der Waals surface area contributed by atoms with Crippen LogP contribution >= 0.6 is 0 Å². The van der Waals surface area contributed by atoms with E-state index in [0.29, 0.717) is 41.8 Å². The molecule has 0 saturated heterocycles. The van der Waals surface area contributed by atoms with Crippen LogP contribution in [0.2, 0.25) is 0 Å². The number of allylic oxidation sites excluding steroid dienone is 1. The van der Waals surface area contributed by atoms with Gasteiger partial charge in [0.2, 0.25) is 0 Å². The highest BCUT2D eigenvalue weighted by molar-refractivity contribution is 6.08. The molecule has 0 amide bonds. The number of hydrogen-bond acceptors (Lipinski definition) is 5. The average molecular weight is 356 g/mol. The first kappa shape index (κ1) is 19.4. The highest BCUT2D eigenvalue weighted by Crippen LogP contribution is 2.28. The SMILES string of the molecule is CCOc1ccc(C(=O)C=Cc2ccc(OC)cc2OCC)c(OC)c1. The van der Waals surface area contributed by atoms with Crippen molar-refractivity contribution in [1.82, 2.24) is 0 Å². The van der Waals surface area contributed by atoms with Crippen LogP contribution < -0.4 is 18.9 Å². The molecule has 0 atom stereocenters. The van der Waals surface area contributed by atoms with Crippen molar-refractivity contribution < 1.29 is 23.7 Å². The predicted molar refractivity (Wildman–Crippen MR) is 102 cm³/mol. The van der Waals surface area contributed by atoms with Gasteiger partial charge in [0.25, 0.3) is 0 Å². The summed E-state index contributed by atoms with van der Waals surface area (Å²) in [6, 6.07) is 10.6. The van der Waals surface area contributed by atoms with Crippen molar-refractivity contribution in [2.45, 2.75) is 13.8 Å².